The molecule has 0 saturated carbocycles. The van der Waals surface area contributed by atoms with Crippen LogP contribution >= 0.6 is 0 Å². The van der Waals surface area contributed by atoms with Gasteiger partial charge in [-0.15, -0.1) is 0 Å². The van der Waals surface area contributed by atoms with Crippen LogP contribution in [0.5, 0.6) is 0 Å². The number of halogens is 3. The van der Waals surface area contributed by atoms with Gasteiger partial charge in [-0.1, -0.05) is 18.1 Å². The fourth-order valence-corrected chi connectivity index (χ4v) is 3.58. The van der Waals surface area contributed by atoms with Crippen molar-refractivity contribution >= 4 is 16.8 Å². The lowest BCUT2D eigenvalue weighted by atomic mass is 9.87. The SMILES string of the molecule is C[C@H]1CN(C(=O)c2cccc3[nH]ncc23)Cc2onc([C@@](C)(O)C(F)(F)F)c21. The number of nitrogens with zero attached hydrogens (tertiary/aromatic N) is 3. The lowest BCUT2D eigenvalue weighted by molar-refractivity contribution is -0.261. The number of aromatic nitrogens is 3. The number of alkyl halides is 3. The van der Waals surface area contributed by atoms with Gasteiger partial charge in [0.25, 0.3) is 5.91 Å². The molecule has 4 rings (SSSR count). The third kappa shape index (κ3) is 2.67. The average Bonchev–Trinajstić information content (AvgIpc) is 3.26. The molecule has 2 aromatic heterocycles. The Labute approximate surface area is 157 Å². The van der Waals surface area contributed by atoms with Gasteiger partial charge in [0.15, 0.2) is 5.76 Å². The van der Waals surface area contributed by atoms with Gasteiger partial charge in [0.05, 0.1) is 23.8 Å². The van der Waals surface area contributed by atoms with Gasteiger partial charge >= 0.3 is 6.18 Å². The summed E-state index contributed by atoms with van der Waals surface area (Å²) in [4.78, 5) is 14.5. The maximum Gasteiger partial charge on any atom is 0.422 e. The number of hydrogen-bond donors (Lipinski definition) is 2. The zero-order valence-corrected chi connectivity index (χ0v) is 15.0. The second-order valence-corrected chi connectivity index (χ2v) is 7.16. The van der Waals surface area contributed by atoms with Crippen molar-refractivity contribution in [2.45, 2.75) is 38.1 Å². The summed E-state index contributed by atoms with van der Waals surface area (Å²) < 4.78 is 44.8. The fraction of sp³-hybridized carbons (Fsp3) is 0.389. The number of nitrogens with one attached hydrogen (secondary N) is 1. The van der Waals surface area contributed by atoms with Crippen molar-refractivity contribution in [1.82, 2.24) is 20.3 Å². The number of carbonyl (C=O) groups is 1. The molecule has 2 N–H and O–H groups in total. The minimum atomic E-state index is -4.90. The van der Waals surface area contributed by atoms with Gasteiger partial charge < -0.3 is 14.5 Å². The molecule has 148 valence electrons. The molecule has 2 atom stereocenters. The molecule has 0 radical (unpaired) electrons. The maximum absolute atomic E-state index is 13.2. The molecule has 7 nitrogen and oxygen atoms in total. The Morgan fingerprint density at radius 1 is 1.39 bits per heavy atom. The van der Waals surface area contributed by atoms with Crippen LogP contribution in [0.4, 0.5) is 13.2 Å². The molecule has 0 aliphatic carbocycles. The Morgan fingerprint density at radius 2 is 2.14 bits per heavy atom. The van der Waals surface area contributed by atoms with Gasteiger partial charge in [0, 0.05) is 23.4 Å². The van der Waals surface area contributed by atoms with Crippen molar-refractivity contribution in [1.29, 1.82) is 0 Å². The Bertz CT molecular complexity index is 1050. The molecule has 1 aromatic carbocycles. The van der Waals surface area contributed by atoms with Crippen LogP contribution in [0.15, 0.2) is 28.9 Å². The molecule has 1 aliphatic heterocycles. The van der Waals surface area contributed by atoms with E-state index >= 15 is 0 Å². The molecule has 28 heavy (non-hydrogen) atoms. The van der Waals surface area contributed by atoms with Gasteiger partial charge in [-0.2, -0.15) is 18.3 Å². The number of rotatable bonds is 2. The van der Waals surface area contributed by atoms with Gasteiger partial charge in [-0.05, 0) is 19.1 Å². The number of hydrogen-bond acceptors (Lipinski definition) is 5. The first-order valence-corrected chi connectivity index (χ1v) is 8.60. The van der Waals surface area contributed by atoms with Crippen molar-refractivity contribution in [2.24, 2.45) is 0 Å². The summed E-state index contributed by atoms with van der Waals surface area (Å²) >= 11 is 0. The molecule has 0 saturated heterocycles. The van der Waals surface area contributed by atoms with E-state index in [1.54, 1.807) is 31.3 Å². The van der Waals surface area contributed by atoms with E-state index in [-0.39, 0.29) is 30.3 Å². The van der Waals surface area contributed by atoms with Crippen LogP contribution < -0.4 is 0 Å². The predicted octanol–water partition coefficient (Wildman–Crippen LogP) is 3.08. The first-order chi connectivity index (χ1) is 13.1. The molecule has 0 fully saturated rings. The first-order valence-electron chi connectivity index (χ1n) is 8.60. The average molecular weight is 394 g/mol. The van der Waals surface area contributed by atoms with Crippen LogP contribution in [0, 0.1) is 0 Å². The summed E-state index contributed by atoms with van der Waals surface area (Å²) in [5, 5.41) is 20.9. The molecule has 10 heteroatoms. The van der Waals surface area contributed by atoms with Crippen molar-refractivity contribution < 1.29 is 27.6 Å². The van der Waals surface area contributed by atoms with Crippen LogP contribution in [0.3, 0.4) is 0 Å². The number of fused-ring (bicyclic) bond motifs is 2. The summed E-state index contributed by atoms with van der Waals surface area (Å²) in [5.74, 6) is -0.637. The molecule has 0 spiro atoms. The summed E-state index contributed by atoms with van der Waals surface area (Å²) in [5.41, 5.74) is -2.34. The Morgan fingerprint density at radius 3 is 2.86 bits per heavy atom. The van der Waals surface area contributed by atoms with E-state index in [0.717, 1.165) is 0 Å². The van der Waals surface area contributed by atoms with Crippen LogP contribution in [0.25, 0.3) is 10.9 Å². The number of carbonyl (C=O) groups excluding carboxylic acids is 1. The molecule has 1 aliphatic rings. The first kappa shape index (κ1) is 18.5. The molecular weight excluding hydrogens is 377 g/mol. The lowest BCUT2D eigenvalue weighted by Crippen LogP contribution is -2.42. The lowest BCUT2D eigenvalue weighted by Gasteiger charge is -2.32. The molecule has 1 amide bonds. The second kappa shape index (κ2) is 6.06. The highest BCUT2D eigenvalue weighted by molar-refractivity contribution is 6.06. The monoisotopic (exact) mass is 394 g/mol. The van der Waals surface area contributed by atoms with Gasteiger partial charge in [0.1, 0.15) is 5.69 Å². The van der Waals surface area contributed by atoms with Crippen molar-refractivity contribution in [3.63, 3.8) is 0 Å². The summed E-state index contributed by atoms with van der Waals surface area (Å²) in [6.45, 7) is 2.45. The Hall–Kier alpha value is -2.88. The number of benzene rings is 1. The quantitative estimate of drug-likeness (QED) is 0.697. The van der Waals surface area contributed by atoms with Gasteiger partial charge in [0.2, 0.25) is 5.60 Å². The minimum Gasteiger partial charge on any atom is -0.375 e. The zero-order chi connectivity index (χ0) is 20.3. The molecule has 3 heterocycles. The normalized spacial score (nSPS) is 19.5. The maximum atomic E-state index is 13.2. The third-order valence-electron chi connectivity index (χ3n) is 5.14. The second-order valence-electron chi connectivity index (χ2n) is 7.16. The number of H-pyrrole nitrogens is 1. The zero-order valence-electron chi connectivity index (χ0n) is 15.0. The minimum absolute atomic E-state index is 0.0340. The van der Waals surface area contributed by atoms with Crippen molar-refractivity contribution in [2.75, 3.05) is 6.54 Å². The summed E-state index contributed by atoms with van der Waals surface area (Å²) in [7, 11) is 0. The van der Waals surface area contributed by atoms with Crippen molar-refractivity contribution in [3.05, 3.63) is 47.0 Å². The van der Waals surface area contributed by atoms with Crippen LogP contribution in [0.1, 0.15) is 47.1 Å². The predicted molar refractivity (Wildman–Crippen MR) is 91.4 cm³/mol. The molecule has 3 aromatic rings. The van der Waals surface area contributed by atoms with E-state index in [9.17, 15) is 23.1 Å². The summed E-state index contributed by atoms with van der Waals surface area (Å²) in [6.07, 6.45) is -3.35. The van der Waals surface area contributed by atoms with E-state index in [2.05, 4.69) is 15.4 Å². The van der Waals surface area contributed by atoms with Crippen LogP contribution in [0.2, 0.25) is 0 Å². The fourth-order valence-electron chi connectivity index (χ4n) is 3.58. The Kier molecular flexibility index (Phi) is 4.00. The molecular formula is C18H17F3N4O3. The number of aromatic amines is 1. The largest absolute Gasteiger partial charge is 0.422 e. The standard InChI is InChI=1S/C18H17F3N4O3/c1-9-7-25(16(26)10-4-3-5-12-11(10)6-22-23-12)8-13-14(9)15(24-28-13)17(2,27)18(19,20)21/h3-6,9,27H,7-8H2,1-2H3,(H,22,23)/t9-,17+/m0/s1. The van der Waals surface area contributed by atoms with E-state index < -0.39 is 23.4 Å². The van der Waals surface area contributed by atoms with Gasteiger partial charge in [-0.25, -0.2) is 0 Å². The smallest absolute Gasteiger partial charge is 0.375 e. The number of aliphatic hydroxyl groups is 1. The highest BCUT2D eigenvalue weighted by Crippen LogP contribution is 2.43. The van der Waals surface area contributed by atoms with Crippen molar-refractivity contribution in [3.8, 4) is 0 Å². The molecule has 0 bridgehead atoms. The van der Waals surface area contributed by atoms with E-state index in [4.69, 9.17) is 4.52 Å². The Balaban J connectivity index is 1.68. The van der Waals surface area contributed by atoms with E-state index in [1.165, 1.54) is 4.90 Å². The number of amides is 1. The van der Waals surface area contributed by atoms with Crippen LogP contribution in [-0.4, -0.2) is 44.0 Å². The van der Waals surface area contributed by atoms with Gasteiger partial charge in [-0.3, -0.25) is 9.89 Å². The summed E-state index contributed by atoms with van der Waals surface area (Å²) in [6, 6.07) is 5.18. The highest BCUT2D eigenvalue weighted by atomic mass is 19.4. The highest BCUT2D eigenvalue weighted by Gasteiger charge is 2.55. The topological polar surface area (TPSA) is 95.3 Å². The van der Waals surface area contributed by atoms with E-state index in [1.807, 2.05) is 0 Å². The van der Waals surface area contributed by atoms with E-state index in [0.29, 0.717) is 23.4 Å². The molecule has 0 unspecified atom stereocenters. The van der Waals surface area contributed by atoms with Crippen LogP contribution in [-0.2, 0) is 12.1 Å². The third-order valence-corrected chi connectivity index (χ3v) is 5.14.